The van der Waals surface area contributed by atoms with Gasteiger partial charge in [-0.25, -0.2) is 13.1 Å². The molecule has 20 heavy (non-hydrogen) atoms. The molecule has 0 aromatic carbocycles. The summed E-state index contributed by atoms with van der Waals surface area (Å²) in [7, 11) is -1.63. The quantitative estimate of drug-likeness (QED) is 0.717. The van der Waals surface area contributed by atoms with Gasteiger partial charge in [-0.3, -0.25) is 5.10 Å². The first-order valence-electron chi connectivity index (χ1n) is 6.70. The number of piperidine rings is 1. The molecule has 2 atom stereocenters. The molecule has 3 N–H and O–H groups in total. The second-order valence-electron chi connectivity index (χ2n) is 5.54. The van der Waals surface area contributed by atoms with E-state index >= 15 is 0 Å². The molecule has 0 spiro atoms. The molecular formula is C12H22N4O3S. The molecule has 2 rings (SSSR count). The molecule has 8 heteroatoms. The minimum atomic E-state index is -3.66. The smallest absolute Gasteiger partial charge is 0.244 e. The molecule has 1 aromatic rings. The van der Waals surface area contributed by atoms with Crippen molar-refractivity contribution in [2.24, 2.45) is 5.92 Å². The fourth-order valence-corrected chi connectivity index (χ4v) is 4.46. The Bertz CT molecular complexity index is 569. The average Bonchev–Trinajstić information content (AvgIpc) is 2.75. The van der Waals surface area contributed by atoms with E-state index in [1.54, 1.807) is 6.92 Å². The van der Waals surface area contributed by atoms with Crippen molar-refractivity contribution in [1.82, 2.24) is 19.8 Å². The fourth-order valence-electron chi connectivity index (χ4n) is 2.72. The van der Waals surface area contributed by atoms with Gasteiger partial charge in [0.15, 0.2) is 0 Å². The van der Waals surface area contributed by atoms with Crippen LogP contribution in [0.15, 0.2) is 4.90 Å². The maximum atomic E-state index is 12.5. The number of nitrogens with zero attached hydrogens (tertiary/aromatic N) is 2. The Kier molecular flexibility index (Phi) is 4.48. The van der Waals surface area contributed by atoms with Crippen molar-refractivity contribution < 1.29 is 13.5 Å². The van der Waals surface area contributed by atoms with Crippen LogP contribution in [0.2, 0.25) is 0 Å². The van der Waals surface area contributed by atoms with Crippen LogP contribution in [0.1, 0.15) is 24.7 Å². The number of nitrogens with one attached hydrogen (secondary N) is 2. The molecule has 7 nitrogen and oxygen atoms in total. The molecule has 0 radical (unpaired) electrons. The Morgan fingerprint density at radius 1 is 1.55 bits per heavy atom. The zero-order valence-electron chi connectivity index (χ0n) is 12.0. The summed E-state index contributed by atoms with van der Waals surface area (Å²) in [5.74, 6) is 0.244. The molecule has 0 bridgehead atoms. The first kappa shape index (κ1) is 15.4. The third-order valence-corrected chi connectivity index (χ3v) is 5.49. The largest absolute Gasteiger partial charge is 0.390 e. The highest BCUT2D eigenvalue weighted by atomic mass is 32.2. The van der Waals surface area contributed by atoms with E-state index in [0.29, 0.717) is 5.69 Å². The van der Waals surface area contributed by atoms with Crippen LogP contribution in [0.4, 0.5) is 0 Å². The molecule has 1 aromatic heterocycles. The second-order valence-corrected chi connectivity index (χ2v) is 7.19. The molecular weight excluding hydrogens is 280 g/mol. The summed E-state index contributed by atoms with van der Waals surface area (Å²) >= 11 is 0. The van der Waals surface area contributed by atoms with Crippen LogP contribution >= 0.6 is 0 Å². The van der Waals surface area contributed by atoms with Crippen molar-refractivity contribution in [3.05, 3.63) is 11.4 Å². The van der Waals surface area contributed by atoms with Gasteiger partial charge in [-0.05, 0) is 32.9 Å². The summed E-state index contributed by atoms with van der Waals surface area (Å²) in [5, 5.41) is 15.6. The Balaban J connectivity index is 2.21. The van der Waals surface area contributed by atoms with Gasteiger partial charge in [0, 0.05) is 12.6 Å². The van der Waals surface area contributed by atoms with Crippen LogP contribution in [0.25, 0.3) is 0 Å². The second kappa shape index (κ2) is 5.80. The van der Waals surface area contributed by atoms with Gasteiger partial charge in [0.1, 0.15) is 10.6 Å². The molecule has 1 fully saturated rings. The zero-order chi connectivity index (χ0) is 14.9. The summed E-state index contributed by atoms with van der Waals surface area (Å²) in [6.07, 6.45) is 0.780. The number of hydrogen-bond acceptors (Lipinski definition) is 5. The van der Waals surface area contributed by atoms with E-state index in [4.69, 9.17) is 0 Å². The molecule has 0 saturated carbocycles. The monoisotopic (exact) mass is 302 g/mol. The maximum absolute atomic E-state index is 12.5. The summed E-state index contributed by atoms with van der Waals surface area (Å²) < 4.78 is 27.7. The van der Waals surface area contributed by atoms with Gasteiger partial charge in [-0.15, -0.1) is 0 Å². The van der Waals surface area contributed by atoms with E-state index in [9.17, 15) is 13.5 Å². The summed E-state index contributed by atoms with van der Waals surface area (Å²) in [4.78, 5) is 2.27. The number of aliphatic hydroxyl groups excluding tert-OH is 1. The Morgan fingerprint density at radius 3 is 2.85 bits per heavy atom. The van der Waals surface area contributed by atoms with E-state index in [-0.39, 0.29) is 22.5 Å². The van der Waals surface area contributed by atoms with Crippen molar-refractivity contribution in [3.8, 4) is 0 Å². The molecule has 1 saturated heterocycles. The highest BCUT2D eigenvalue weighted by molar-refractivity contribution is 7.89. The highest BCUT2D eigenvalue weighted by Gasteiger charge is 2.31. The van der Waals surface area contributed by atoms with Crippen LogP contribution in [0.5, 0.6) is 0 Å². The van der Waals surface area contributed by atoms with Gasteiger partial charge in [-0.2, -0.15) is 5.10 Å². The molecule has 0 aliphatic carbocycles. The number of hydrogen-bond donors (Lipinski definition) is 3. The number of aromatic amines is 1. The van der Waals surface area contributed by atoms with Crippen molar-refractivity contribution >= 4 is 10.0 Å². The third-order valence-electron chi connectivity index (χ3n) is 3.79. The number of aryl methyl sites for hydroxylation is 1. The molecule has 2 unspecified atom stereocenters. The number of H-pyrrole nitrogens is 1. The van der Waals surface area contributed by atoms with Crippen molar-refractivity contribution in [2.45, 2.75) is 37.8 Å². The van der Waals surface area contributed by atoms with Gasteiger partial charge in [0.25, 0.3) is 0 Å². The maximum Gasteiger partial charge on any atom is 0.244 e. The van der Waals surface area contributed by atoms with Crippen molar-refractivity contribution in [1.29, 1.82) is 0 Å². The first-order chi connectivity index (χ1) is 9.35. The number of aliphatic hydroxyl groups is 1. The normalized spacial score (nSPS) is 25.0. The number of aromatic nitrogens is 2. The molecule has 1 aliphatic heterocycles. The van der Waals surface area contributed by atoms with Crippen LogP contribution in [-0.2, 0) is 16.6 Å². The van der Waals surface area contributed by atoms with Gasteiger partial charge < -0.3 is 10.0 Å². The molecule has 2 heterocycles. The Hall–Kier alpha value is -0.960. The lowest BCUT2D eigenvalue weighted by Crippen LogP contribution is -2.48. The lowest BCUT2D eigenvalue weighted by molar-refractivity contribution is 0.188. The van der Waals surface area contributed by atoms with Crippen molar-refractivity contribution in [2.75, 3.05) is 20.1 Å². The Labute approximate surface area is 119 Å². The van der Waals surface area contributed by atoms with Crippen LogP contribution in [0.3, 0.4) is 0 Å². The first-order valence-corrected chi connectivity index (χ1v) is 8.19. The van der Waals surface area contributed by atoms with Crippen LogP contribution in [0, 0.1) is 12.8 Å². The summed E-state index contributed by atoms with van der Waals surface area (Å²) in [6, 6.07) is -0.0861. The SMILES string of the molecule is Cc1[nH]nc(CO)c1S(=O)(=O)NC1CCN(C)CC1C. The van der Waals surface area contributed by atoms with E-state index < -0.39 is 16.6 Å². The lowest BCUT2D eigenvalue weighted by Gasteiger charge is -2.34. The fraction of sp³-hybridized carbons (Fsp3) is 0.750. The van der Waals surface area contributed by atoms with E-state index in [2.05, 4.69) is 19.8 Å². The van der Waals surface area contributed by atoms with Crippen molar-refractivity contribution in [3.63, 3.8) is 0 Å². The third kappa shape index (κ3) is 3.03. The summed E-state index contributed by atoms with van der Waals surface area (Å²) in [6.45, 7) is 5.01. The predicted molar refractivity (Wildman–Crippen MR) is 74.6 cm³/mol. The van der Waals surface area contributed by atoms with Gasteiger partial charge in [-0.1, -0.05) is 6.92 Å². The van der Waals surface area contributed by atoms with Gasteiger partial charge in [0.2, 0.25) is 10.0 Å². The average molecular weight is 302 g/mol. The van der Waals surface area contributed by atoms with Gasteiger partial charge in [0.05, 0.1) is 12.3 Å². The van der Waals surface area contributed by atoms with Crippen LogP contribution in [-0.4, -0.2) is 54.8 Å². The minimum Gasteiger partial charge on any atom is -0.390 e. The molecule has 114 valence electrons. The summed E-state index contributed by atoms with van der Waals surface area (Å²) in [5.41, 5.74) is 0.609. The standard InChI is InChI=1S/C12H22N4O3S/c1-8-6-16(3)5-4-10(8)15-20(18,19)12-9(2)13-14-11(12)7-17/h8,10,15,17H,4-7H2,1-3H3,(H,13,14). The van der Waals surface area contributed by atoms with Crippen LogP contribution < -0.4 is 4.72 Å². The highest BCUT2D eigenvalue weighted by Crippen LogP contribution is 2.21. The number of sulfonamides is 1. The predicted octanol–water partition coefficient (Wildman–Crippen LogP) is -0.171. The molecule has 0 amide bonds. The van der Waals surface area contributed by atoms with Gasteiger partial charge >= 0.3 is 0 Å². The number of likely N-dealkylation sites (tertiary alicyclic amines) is 1. The van der Waals surface area contributed by atoms with E-state index in [1.165, 1.54) is 0 Å². The topological polar surface area (TPSA) is 98.3 Å². The lowest BCUT2D eigenvalue weighted by atomic mass is 9.95. The Morgan fingerprint density at radius 2 is 2.25 bits per heavy atom. The van der Waals surface area contributed by atoms with E-state index in [1.807, 2.05) is 14.0 Å². The number of rotatable bonds is 4. The van der Waals surface area contributed by atoms with E-state index in [0.717, 1.165) is 19.5 Å². The molecule has 1 aliphatic rings. The minimum absolute atomic E-state index is 0.0751. The zero-order valence-corrected chi connectivity index (χ0v) is 12.9.